The number of likely N-dealkylation sites (N-methyl/N-ethyl adjacent to an activating group) is 1. The van der Waals surface area contributed by atoms with Crippen molar-refractivity contribution in [3.63, 3.8) is 0 Å². The van der Waals surface area contributed by atoms with Crippen LogP contribution >= 0.6 is 0 Å². The molecule has 7 heteroatoms. The molecule has 0 bridgehead atoms. The fraction of sp³-hybridized carbons (Fsp3) is 0.450. The Hall–Kier alpha value is -2.67. The van der Waals surface area contributed by atoms with E-state index in [4.69, 9.17) is 14.0 Å². The molecule has 0 saturated carbocycles. The number of benzene rings is 1. The molecule has 2 heterocycles. The van der Waals surface area contributed by atoms with Crippen LogP contribution < -0.4 is 4.74 Å². The van der Waals surface area contributed by atoms with Crippen molar-refractivity contribution in [3.05, 3.63) is 47.3 Å². The number of carbonyl (C=O) groups is 2. The van der Waals surface area contributed by atoms with Crippen molar-refractivity contribution >= 4 is 11.7 Å². The Morgan fingerprint density at radius 1 is 1.26 bits per heavy atom. The zero-order valence-corrected chi connectivity index (χ0v) is 15.6. The smallest absolute Gasteiger partial charge is 0.275 e. The molecule has 1 aromatic heterocycles. The zero-order valence-electron chi connectivity index (χ0n) is 15.6. The number of aromatic nitrogens is 1. The third-order valence-corrected chi connectivity index (χ3v) is 4.52. The normalized spacial score (nSPS) is 16.7. The summed E-state index contributed by atoms with van der Waals surface area (Å²) in [6.07, 6.45) is 3.27. The van der Waals surface area contributed by atoms with Gasteiger partial charge in [-0.25, -0.2) is 0 Å². The number of hydrogen-bond donors (Lipinski definition) is 0. The molecule has 0 radical (unpaired) electrons. The second kappa shape index (κ2) is 8.81. The summed E-state index contributed by atoms with van der Waals surface area (Å²) in [6.45, 7) is 2.96. The Balaban J connectivity index is 1.52. The molecule has 2 aromatic rings. The van der Waals surface area contributed by atoms with E-state index in [2.05, 4.69) is 5.16 Å². The van der Waals surface area contributed by atoms with E-state index in [1.165, 1.54) is 6.92 Å². The number of ketones is 1. The molecule has 1 fully saturated rings. The summed E-state index contributed by atoms with van der Waals surface area (Å²) in [4.78, 5) is 25.4. The maximum Gasteiger partial charge on any atom is 0.275 e. The van der Waals surface area contributed by atoms with Crippen LogP contribution in [0, 0.1) is 0 Å². The molecule has 1 amide bonds. The first-order valence-corrected chi connectivity index (χ1v) is 9.09. The van der Waals surface area contributed by atoms with E-state index in [1.54, 1.807) is 42.3 Å². The highest BCUT2D eigenvalue weighted by atomic mass is 16.5. The van der Waals surface area contributed by atoms with Crippen LogP contribution in [0.1, 0.15) is 52.8 Å². The zero-order chi connectivity index (χ0) is 19.2. The van der Waals surface area contributed by atoms with Crippen LogP contribution in [-0.4, -0.2) is 48.1 Å². The molecular formula is C20H24N2O5. The highest BCUT2D eigenvalue weighted by Crippen LogP contribution is 2.17. The topological polar surface area (TPSA) is 81.9 Å². The predicted octanol–water partition coefficient (Wildman–Crippen LogP) is 3.10. The largest absolute Gasteiger partial charge is 0.486 e. The minimum Gasteiger partial charge on any atom is -0.486 e. The number of rotatable bonds is 7. The van der Waals surface area contributed by atoms with Gasteiger partial charge in [0.05, 0.1) is 6.10 Å². The van der Waals surface area contributed by atoms with Gasteiger partial charge in [-0.2, -0.15) is 0 Å². The van der Waals surface area contributed by atoms with Gasteiger partial charge < -0.3 is 18.9 Å². The van der Waals surface area contributed by atoms with E-state index in [0.717, 1.165) is 25.9 Å². The highest BCUT2D eigenvalue weighted by Gasteiger charge is 2.22. The lowest BCUT2D eigenvalue weighted by molar-refractivity contribution is -0.000360. The minimum atomic E-state index is -0.204. The molecule has 0 aliphatic carbocycles. The lowest BCUT2D eigenvalue weighted by Gasteiger charge is -2.26. The molecule has 1 aliphatic heterocycles. The first-order valence-electron chi connectivity index (χ1n) is 9.09. The third kappa shape index (κ3) is 5.17. The van der Waals surface area contributed by atoms with E-state index >= 15 is 0 Å². The first-order chi connectivity index (χ1) is 13.0. The van der Waals surface area contributed by atoms with Crippen LogP contribution in [-0.2, 0) is 11.3 Å². The van der Waals surface area contributed by atoms with Crippen LogP contribution in [0.15, 0.2) is 34.9 Å². The van der Waals surface area contributed by atoms with Crippen molar-refractivity contribution in [1.82, 2.24) is 10.1 Å². The van der Waals surface area contributed by atoms with E-state index < -0.39 is 0 Å². The fourth-order valence-corrected chi connectivity index (χ4v) is 2.96. The SMILES string of the molecule is CC(=O)c1ccc(OCc2cc(C(=O)N(C)CC3CCCCO3)no2)cc1. The maximum atomic E-state index is 12.5. The third-order valence-electron chi connectivity index (χ3n) is 4.52. The minimum absolute atomic E-state index is 0.00249. The first kappa shape index (κ1) is 19.1. The van der Waals surface area contributed by atoms with Gasteiger partial charge in [-0.05, 0) is 50.5 Å². The molecule has 1 aliphatic rings. The van der Waals surface area contributed by atoms with Gasteiger partial charge in [-0.1, -0.05) is 5.16 Å². The molecule has 1 saturated heterocycles. The molecular weight excluding hydrogens is 348 g/mol. The summed E-state index contributed by atoms with van der Waals surface area (Å²) in [5, 5.41) is 3.85. The summed E-state index contributed by atoms with van der Waals surface area (Å²) in [6, 6.07) is 8.43. The van der Waals surface area contributed by atoms with Crippen LogP contribution in [0.5, 0.6) is 5.75 Å². The molecule has 1 atom stereocenters. The number of amides is 1. The molecule has 0 spiro atoms. The van der Waals surface area contributed by atoms with Crippen LogP contribution in [0.3, 0.4) is 0 Å². The lowest BCUT2D eigenvalue weighted by atomic mass is 10.1. The van der Waals surface area contributed by atoms with Crippen molar-refractivity contribution in [3.8, 4) is 5.75 Å². The van der Waals surface area contributed by atoms with Gasteiger partial charge in [0.25, 0.3) is 5.91 Å². The summed E-state index contributed by atoms with van der Waals surface area (Å²) < 4.78 is 16.5. The van der Waals surface area contributed by atoms with Crippen LogP contribution in [0.2, 0.25) is 0 Å². The highest BCUT2D eigenvalue weighted by molar-refractivity contribution is 5.94. The van der Waals surface area contributed by atoms with Crippen molar-refractivity contribution in [2.24, 2.45) is 0 Å². The van der Waals surface area contributed by atoms with Gasteiger partial charge in [0.2, 0.25) is 0 Å². The lowest BCUT2D eigenvalue weighted by Crippen LogP contribution is -2.37. The molecule has 27 heavy (non-hydrogen) atoms. The van der Waals surface area contributed by atoms with E-state index in [9.17, 15) is 9.59 Å². The van der Waals surface area contributed by atoms with Gasteiger partial charge in [-0.3, -0.25) is 9.59 Å². The maximum absolute atomic E-state index is 12.5. The van der Waals surface area contributed by atoms with Gasteiger partial charge in [-0.15, -0.1) is 0 Å². The molecule has 3 rings (SSSR count). The Morgan fingerprint density at radius 2 is 2.04 bits per heavy atom. The van der Waals surface area contributed by atoms with Crippen molar-refractivity contribution in [1.29, 1.82) is 0 Å². The van der Waals surface area contributed by atoms with E-state index in [1.807, 2.05) is 0 Å². The summed E-state index contributed by atoms with van der Waals surface area (Å²) in [5.74, 6) is 0.861. The molecule has 1 aromatic carbocycles. The second-order valence-electron chi connectivity index (χ2n) is 6.72. The Morgan fingerprint density at radius 3 is 2.70 bits per heavy atom. The average molecular weight is 372 g/mol. The van der Waals surface area contributed by atoms with Gasteiger partial charge >= 0.3 is 0 Å². The van der Waals surface area contributed by atoms with Gasteiger partial charge in [0.15, 0.2) is 17.2 Å². The number of ether oxygens (including phenoxy) is 2. The van der Waals surface area contributed by atoms with Crippen molar-refractivity contribution < 1.29 is 23.6 Å². The monoisotopic (exact) mass is 372 g/mol. The summed E-state index contributed by atoms with van der Waals surface area (Å²) in [5.41, 5.74) is 0.874. The van der Waals surface area contributed by atoms with E-state index in [0.29, 0.717) is 23.6 Å². The molecule has 1 unspecified atom stereocenters. The summed E-state index contributed by atoms with van der Waals surface area (Å²) >= 11 is 0. The fourth-order valence-electron chi connectivity index (χ4n) is 2.96. The Bertz CT molecular complexity index is 778. The standard InChI is InChI=1S/C20H24N2O5/c1-14(23)15-6-8-16(9-7-15)26-13-18-11-19(21-27-18)20(24)22(2)12-17-5-3-4-10-25-17/h6-9,11,17H,3-5,10,12-13H2,1-2H3. The van der Waals surface area contributed by atoms with E-state index in [-0.39, 0.29) is 30.1 Å². The van der Waals surface area contributed by atoms with Crippen LogP contribution in [0.25, 0.3) is 0 Å². The Kier molecular flexibility index (Phi) is 6.24. The molecule has 0 N–H and O–H groups in total. The van der Waals surface area contributed by atoms with Crippen LogP contribution in [0.4, 0.5) is 0 Å². The Labute approximate surface area is 158 Å². The number of hydrogen-bond acceptors (Lipinski definition) is 6. The van der Waals surface area contributed by atoms with Gasteiger partial charge in [0, 0.05) is 31.8 Å². The number of nitrogens with zero attached hydrogens (tertiary/aromatic N) is 2. The average Bonchev–Trinajstić information content (AvgIpc) is 3.16. The number of carbonyl (C=O) groups excluding carboxylic acids is 2. The number of Topliss-reactive ketones (excluding diaryl/α,β-unsaturated/α-hetero) is 1. The van der Waals surface area contributed by atoms with Gasteiger partial charge in [0.1, 0.15) is 12.4 Å². The molecule has 7 nitrogen and oxygen atoms in total. The second-order valence-corrected chi connectivity index (χ2v) is 6.72. The predicted molar refractivity (Wildman–Crippen MR) is 97.8 cm³/mol. The quantitative estimate of drug-likeness (QED) is 0.695. The van der Waals surface area contributed by atoms with Crippen molar-refractivity contribution in [2.75, 3.05) is 20.2 Å². The molecule has 144 valence electrons. The van der Waals surface area contributed by atoms with Crippen molar-refractivity contribution in [2.45, 2.75) is 38.9 Å². The summed E-state index contributed by atoms with van der Waals surface area (Å²) in [7, 11) is 1.74.